The fraction of sp³-hybridized carbons (Fsp3) is 0.360. The molecule has 0 fully saturated rings. The van der Waals surface area contributed by atoms with E-state index in [1.165, 1.54) is 0 Å². The first kappa shape index (κ1) is 24.5. The van der Waals surface area contributed by atoms with Gasteiger partial charge in [-0.3, -0.25) is 15.0 Å². The van der Waals surface area contributed by atoms with E-state index in [1.54, 1.807) is 19.2 Å². The second kappa shape index (κ2) is 10.8. The van der Waals surface area contributed by atoms with Crippen LogP contribution in [0.4, 0.5) is 0 Å². The van der Waals surface area contributed by atoms with Crippen molar-refractivity contribution in [3.05, 3.63) is 58.9 Å². The number of aryl methyl sites for hydroxylation is 1. The second-order valence-corrected chi connectivity index (χ2v) is 8.54. The van der Waals surface area contributed by atoms with Gasteiger partial charge >= 0.3 is 0 Å². The molecule has 1 atom stereocenters. The highest BCUT2D eigenvalue weighted by Gasteiger charge is 2.28. The number of ether oxygens (including phenoxy) is 1. The highest BCUT2D eigenvalue weighted by molar-refractivity contribution is 6.27. The van der Waals surface area contributed by atoms with Crippen molar-refractivity contribution in [1.29, 1.82) is 5.41 Å². The van der Waals surface area contributed by atoms with Crippen molar-refractivity contribution < 1.29 is 14.3 Å². The fourth-order valence-electron chi connectivity index (χ4n) is 4.47. The third-order valence-corrected chi connectivity index (χ3v) is 6.40. The Balaban J connectivity index is 1.67. The number of imidazole rings is 1. The number of nitrogens with zero attached hydrogens (tertiary/aromatic N) is 2. The van der Waals surface area contributed by atoms with Crippen LogP contribution >= 0.6 is 11.6 Å². The van der Waals surface area contributed by atoms with E-state index in [2.05, 4.69) is 20.5 Å². The maximum atomic E-state index is 13.4. The summed E-state index contributed by atoms with van der Waals surface area (Å²) in [7, 11) is 1.61. The summed E-state index contributed by atoms with van der Waals surface area (Å²) < 4.78 is 7.58. The molecule has 3 aromatic rings. The van der Waals surface area contributed by atoms with Gasteiger partial charge in [-0.15, -0.1) is 11.6 Å². The molecular formula is C25H29ClN6O3. The molecule has 4 rings (SSSR count). The molecule has 2 amide bonds. The predicted octanol–water partition coefficient (Wildman–Crippen LogP) is 3.37. The van der Waals surface area contributed by atoms with Crippen LogP contribution < -0.4 is 20.7 Å². The minimum absolute atomic E-state index is 0.118. The standard InChI is InChI=1S/C25H29ClN6O3/c1-3-32-18-10-5-11-19(35-2)22(18)31-23(32)17(9-6-12-28-20(27)13-26)30-24(33)16-8-4-7-15-14-29-25(34)21(15)16/h4-5,7-8,10-11,17H,3,6,9,12-14H2,1-2H3,(H2,27,28)(H,29,34)(H,30,33). The lowest BCUT2D eigenvalue weighted by Gasteiger charge is -2.20. The number of alkyl halides is 1. The van der Waals surface area contributed by atoms with E-state index in [9.17, 15) is 9.59 Å². The van der Waals surface area contributed by atoms with Crippen LogP contribution in [-0.2, 0) is 13.1 Å². The zero-order chi connectivity index (χ0) is 24.9. The Labute approximate surface area is 208 Å². The monoisotopic (exact) mass is 496 g/mol. The Morgan fingerprint density at radius 3 is 2.86 bits per heavy atom. The maximum absolute atomic E-state index is 13.4. The van der Waals surface area contributed by atoms with Crippen molar-refractivity contribution in [3.8, 4) is 5.75 Å². The van der Waals surface area contributed by atoms with Gasteiger partial charge in [0.25, 0.3) is 11.8 Å². The van der Waals surface area contributed by atoms with Gasteiger partial charge in [0, 0.05) is 19.6 Å². The number of carbonyl (C=O) groups is 2. The van der Waals surface area contributed by atoms with Gasteiger partial charge in [0.2, 0.25) is 0 Å². The molecule has 9 nitrogen and oxygen atoms in total. The van der Waals surface area contributed by atoms with Crippen LogP contribution in [0.3, 0.4) is 0 Å². The number of amidine groups is 1. The SMILES string of the molecule is CCn1c(C(CCCNC(=N)CCl)NC(=O)c2cccc3c2C(=O)NC3)nc2c(OC)cccc21. The van der Waals surface area contributed by atoms with Crippen LogP contribution in [0.1, 0.15) is 57.9 Å². The van der Waals surface area contributed by atoms with Gasteiger partial charge in [0.15, 0.2) is 0 Å². The second-order valence-electron chi connectivity index (χ2n) is 8.27. The summed E-state index contributed by atoms with van der Waals surface area (Å²) in [6, 6.07) is 10.6. The van der Waals surface area contributed by atoms with Crippen LogP contribution in [-0.4, -0.2) is 46.7 Å². The summed E-state index contributed by atoms with van der Waals surface area (Å²) in [5, 5.41) is 16.6. The number of halogens is 1. The van der Waals surface area contributed by atoms with Gasteiger partial charge in [0.1, 0.15) is 22.9 Å². The summed E-state index contributed by atoms with van der Waals surface area (Å²) >= 11 is 5.70. The van der Waals surface area contributed by atoms with Crippen LogP contribution in [0.2, 0.25) is 0 Å². The molecule has 10 heteroatoms. The van der Waals surface area contributed by atoms with E-state index >= 15 is 0 Å². The Hall–Kier alpha value is -3.59. The summed E-state index contributed by atoms with van der Waals surface area (Å²) in [5.41, 5.74) is 3.23. The van der Waals surface area contributed by atoms with E-state index < -0.39 is 6.04 Å². The van der Waals surface area contributed by atoms with Crippen molar-refractivity contribution in [1.82, 2.24) is 25.5 Å². The highest BCUT2D eigenvalue weighted by atomic mass is 35.5. The molecule has 0 aliphatic carbocycles. The van der Waals surface area contributed by atoms with Gasteiger partial charge in [-0.25, -0.2) is 4.98 Å². The summed E-state index contributed by atoms with van der Waals surface area (Å²) in [6.07, 6.45) is 1.24. The van der Waals surface area contributed by atoms with E-state index in [4.69, 9.17) is 26.7 Å². The number of para-hydroxylation sites is 1. The van der Waals surface area contributed by atoms with E-state index in [0.29, 0.717) is 55.2 Å². The van der Waals surface area contributed by atoms with Gasteiger partial charge in [-0.05, 0) is 43.5 Å². The van der Waals surface area contributed by atoms with Gasteiger partial charge in [0.05, 0.1) is 35.7 Å². The molecule has 2 heterocycles. The third-order valence-electron chi connectivity index (χ3n) is 6.13. The molecule has 4 N–H and O–H groups in total. The first-order valence-electron chi connectivity index (χ1n) is 11.6. The quantitative estimate of drug-likeness (QED) is 0.148. The smallest absolute Gasteiger partial charge is 0.252 e. The van der Waals surface area contributed by atoms with Crippen molar-refractivity contribution in [2.24, 2.45) is 0 Å². The number of carbonyl (C=O) groups excluding carboxylic acids is 2. The molecule has 2 aromatic carbocycles. The lowest BCUT2D eigenvalue weighted by atomic mass is 10.0. The maximum Gasteiger partial charge on any atom is 0.252 e. The normalized spacial score (nSPS) is 13.3. The number of fused-ring (bicyclic) bond motifs is 2. The number of hydrogen-bond acceptors (Lipinski definition) is 5. The number of aromatic nitrogens is 2. The van der Waals surface area contributed by atoms with Gasteiger partial charge in [-0.2, -0.15) is 0 Å². The number of methoxy groups -OCH3 is 1. The van der Waals surface area contributed by atoms with Crippen LogP contribution in [0, 0.1) is 5.41 Å². The topological polar surface area (TPSA) is 121 Å². The van der Waals surface area contributed by atoms with Crippen LogP contribution in [0.25, 0.3) is 11.0 Å². The largest absolute Gasteiger partial charge is 0.494 e. The van der Waals surface area contributed by atoms with Gasteiger partial charge < -0.3 is 25.3 Å². The fourth-order valence-corrected chi connectivity index (χ4v) is 4.56. The van der Waals surface area contributed by atoms with Crippen molar-refractivity contribution >= 4 is 40.3 Å². The third kappa shape index (κ3) is 4.95. The number of hydrogen-bond donors (Lipinski definition) is 4. The zero-order valence-corrected chi connectivity index (χ0v) is 20.5. The average molecular weight is 497 g/mol. The Morgan fingerprint density at radius 2 is 2.11 bits per heavy atom. The summed E-state index contributed by atoms with van der Waals surface area (Å²) in [6.45, 7) is 3.64. The lowest BCUT2D eigenvalue weighted by molar-refractivity contribution is 0.0912. The van der Waals surface area contributed by atoms with Crippen molar-refractivity contribution in [2.75, 3.05) is 19.5 Å². The minimum atomic E-state index is -0.424. The highest BCUT2D eigenvalue weighted by Crippen LogP contribution is 2.30. The first-order valence-corrected chi connectivity index (χ1v) is 12.1. The predicted molar refractivity (Wildman–Crippen MR) is 135 cm³/mol. The zero-order valence-electron chi connectivity index (χ0n) is 19.8. The van der Waals surface area contributed by atoms with Crippen molar-refractivity contribution in [2.45, 2.75) is 38.9 Å². The molecule has 184 valence electrons. The Kier molecular flexibility index (Phi) is 7.55. The van der Waals surface area contributed by atoms with Gasteiger partial charge in [-0.1, -0.05) is 18.2 Å². The van der Waals surface area contributed by atoms with E-state index in [-0.39, 0.29) is 23.5 Å². The van der Waals surface area contributed by atoms with E-state index in [0.717, 1.165) is 16.6 Å². The average Bonchev–Trinajstić information content (AvgIpc) is 3.45. The minimum Gasteiger partial charge on any atom is -0.494 e. The lowest BCUT2D eigenvalue weighted by Crippen LogP contribution is -2.33. The molecule has 0 spiro atoms. The number of benzene rings is 2. The molecule has 1 unspecified atom stereocenters. The summed E-state index contributed by atoms with van der Waals surface area (Å²) in [4.78, 5) is 30.7. The van der Waals surface area contributed by atoms with E-state index in [1.807, 2.05) is 31.2 Å². The molecule has 0 radical (unpaired) electrons. The molecule has 0 saturated heterocycles. The molecule has 0 saturated carbocycles. The van der Waals surface area contributed by atoms with Crippen LogP contribution in [0.5, 0.6) is 5.75 Å². The molecular weight excluding hydrogens is 468 g/mol. The molecule has 1 aromatic heterocycles. The molecule has 1 aliphatic rings. The number of amides is 2. The number of nitrogens with one attached hydrogen (secondary N) is 4. The number of rotatable bonds is 10. The molecule has 1 aliphatic heterocycles. The summed E-state index contributed by atoms with van der Waals surface area (Å²) in [5.74, 6) is 1.18. The molecule has 35 heavy (non-hydrogen) atoms. The first-order chi connectivity index (χ1) is 17.0. The Morgan fingerprint density at radius 1 is 1.31 bits per heavy atom. The van der Waals surface area contributed by atoms with Crippen LogP contribution in [0.15, 0.2) is 36.4 Å². The molecule has 0 bridgehead atoms. The van der Waals surface area contributed by atoms with Crippen molar-refractivity contribution in [3.63, 3.8) is 0 Å². The Bertz CT molecular complexity index is 1270.